The van der Waals surface area contributed by atoms with Crippen molar-refractivity contribution in [2.45, 2.75) is 0 Å². The Morgan fingerprint density at radius 1 is 1.27 bits per heavy atom. The molecule has 0 aromatic carbocycles. The van der Waals surface area contributed by atoms with Gasteiger partial charge < -0.3 is 10.2 Å². The van der Waals surface area contributed by atoms with Gasteiger partial charge in [0.05, 0.1) is 0 Å². The third-order valence-electron chi connectivity index (χ3n) is 0.823. The quantitative estimate of drug-likeness (QED) is 0.520. The van der Waals surface area contributed by atoms with Crippen LogP contribution >= 0.6 is 0 Å². The highest BCUT2D eigenvalue weighted by atomic mass is 16.2. The lowest BCUT2D eigenvalue weighted by atomic mass is 10.9. The van der Waals surface area contributed by atoms with Crippen molar-refractivity contribution in [1.29, 1.82) is 0 Å². The van der Waals surface area contributed by atoms with E-state index in [-0.39, 0.29) is 0 Å². The number of azo groups is 1. The van der Waals surface area contributed by atoms with Gasteiger partial charge in [-0.3, -0.25) is 0 Å². The highest BCUT2D eigenvalue weighted by Gasteiger charge is 2.00. The van der Waals surface area contributed by atoms with Crippen LogP contribution in [-0.2, 0) is 0 Å². The second-order valence-electron chi connectivity index (χ2n) is 1.93. The molecule has 0 aliphatic heterocycles. The Kier molecular flexibility index (Phi) is 3.79. The highest BCUT2D eigenvalue weighted by molar-refractivity contribution is 5.79. The molecule has 0 rings (SSSR count). The average Bonchev–Trinajstić information content (AvgIpc) is 1.99. The van der Waals surface area contributed by atoms with Crippen LogP contribution in [0.2, 0.25) is 0 Å². The molecule has 0 aliphatic carbocycles. The first-order chi connectivity index (χ1) is 5.07. The molecule has 0 aliphatic rings. The van der Waals surface area contributed by atoms with Gasteiger partial charge in [-0.1, -0.05) is 10.2 Å². The van der Waals surface area contributed by atoms with Crippen LogP contribution < -0.4 is 5.32 Å². The van der Waals surface area contributed by atoms with Crippen molar-refractivity contribution < 1.29 is 9.59 Å². The van der Waals surface area contributed by atoms with E-state index < -0.39 is 12.1 Å². The molecule has 4 amide bonds. The normalized spacial score (nSPS) is 9.73. The van der Waals surface area contributed by atoms with Crippen molar-refractivity contribution in [3.63, 3.8) is 0 Å². The minimum absolute atomic E-state index is 0.561. The maximum absolute atomic E-state index is 10.6. The molecule has 0 saturated heterocycles. The van der Waals surface area contributed by atoms with Gasteiger partial charge in [-0.25, -0.2) is 9.59 Å². The van der Waals surface area contributed by atoms with E-state index in [2.05, 4.69) is 15.5 Å². The SMILES string of the molecule is CNC(=O)N=NC(=O)N(C)C. The molecule has 0 aromatic heterocycles. The van der Waals surface area contributed by atoms with Crippen LogP contribution in [0.25, 0.3) is 0 Å². The molecule has 0 bridgehead atoms. The highest BCUT2D eigenvalue weighted by Crippen LogP contribution is 1.85. The molecule has 0 radical (unpaired) electrons. The van der Waals surface area contributed by atoms with Gasteiger partial charge >= 0.3 is 12.1 Å². The Labute approximate surface area is 64.3 Å². The lowest BCUT2D eigenvalue weighted by Crippen LogP contribution is -2.18. The average molecular weight is 158 g/mol. The van der Waals surface area contributed by atoms with Crippen molar-refractivity contribution in [1.82, 2.24) is 10.2 Å². The van der Waals surface area contributed by atoms with Gasteiger partial charge in [-0.05, 0) is 0 Å². The Morgan fingerprint density at radius 3 is 2.18 bits per heavy atom. The zero-order valence-electron chi connectivity index (χ0n) is 6.66. The number of amides is 4. The molecule has 0 atom stereocenters. The molecule has 1 N–H and O–H groups in total. The van der Waals surface area contributed by atoms with E-state index in [1.165, 1.54) is 26.0 Å². The Bertz CT molecular complexity index is 187. The Hall–Kier alpha value is -1.46. The fraction of sp³-hybridized carbons (Fsp3) is 0.600. The minimum Gasteiger partial charge on any atom is -0.338 e. The first-order valence-electron chi connectivity index (χ1n) is 2.92. The number of nitrogens with zero attached hydrogens (tertiary/aromatic N) is 3. The zero-order chi connectivity index (χ0) is 8.85. The predicted octanol–water partition coefficient (Wildman–Crippen LogP) is 0.460. The Balaban J connectivity index is 3.93. The topological polar surface area (TPSA) is 74.1 Å². The fourth-order valence-electron chi connectivity index (χ4n) is 0.228. The van der Waals surface area contributed by atoms with E-state index in [9.17, 15) is 9.59 Å². The van der Waals surface area contributed by atoms with Crippen molar-refractivity contribution in [2.75, 3.05) is 21.1 Å². The molecule has 0 spiro atoms. The molecule has 62 valence electrons. The summed E-state index contributed by atoms with van der Waals surface area (Å²) in [7, 11) is 4.44. The molecule has 6 nitrogen and oxygen atoms in total. The first-order valence-corrected chi connectivity index (χ1v) is 2.92. The summed E-state index contributed by atoms with van der Waals surface area (Å²) >= 11 is 0. The van der Waals surface area contributed by atoms with Gasteiger partial charge in [-0.2, -0.15) is 0 Å². The summed E-state index contributed by atoms with van der Waals surface area (Å²) in [6.45, 7) is 0. The van der Waals surface area contributed by atoms with Crippen LogP contribution in [0.5, 0.6) is 0 Å². The summed E-state index contributed by atoms with van der Waals surface area (Å²) in [6.07, 6.45) is 0. The van der Waals surface area contributed by atoms with Crippen LogP contribution in [0.1, 0.15) is 0 Å². The monoisotopic (exact) mass is 158 g/mol. The summed E-state index contributed by atoms with van der Waals surface area (Å²) in [5.41, 5.74) is 0. The summed E-state index contributed by atoms with van der Waals surface area (Å²) in [4.78, 5) is 22.3. The van der Waals surface area contributed by atoms with Crippen LogP contribution in [0.3, 0.4) is 0 Å². The maximum Gasteiger partial charge on any atom is 0.361 e. The molecule has 0 heterocycles. The number of nitrogens with one attached hydrogen (secondary N) is 1. The van der Waals surface area contributed by atoms with E-state index in [0.29, 0.717) is 0 Å². The van der Waals surface area contributed by atoms with Crippen LogP contribution in [0, 0.1) is 0 Å². The fourth-order valence-corrected chi connectivity index (χ4v) is 0.228. The molecular weight excluding hydrogens is 148 g/mol. The van der Waals surface area contributed by atoms with E-state index in [1.807, 2.05) is 0 Å². The van der Waals surface area contributed by atoms with Gasteiger partial charge in [0.2, 0.25) is 0 Å². The Morgan fingerprint density at radius 2 is 1.82 bits per heavy atom. The molecule has 6 heteroatoms. The zero-order valence-corrected chi connectivity index (χ0v) is 6.66. The van der Waals surface area contributed by atoms with E-state index in [1.54, 1.807) is 0 Å². The van der Waals surface area contributed by atoms with Gasteiger partial charge in [0.15, 0.2) is 0 Å². The molecule has 0 fully saturated rings. The third-order valence-corrected chi connectivity index (χ3v) is 0.823. The van der Waals surface area contributed by atoms with E-state index >= 15 is 0 Å². The maximum atomic E-state index is 10.6. The smallest absolute Gasteiger partial charge is 0.338 e. The standard InChI is InChI=1S/C5H10N4O2/c1-6-4(10)7-8-5(11)9(2)3/h1-3H3,(H,6,10). The molecule has 0 saturated carbocycles. The summed E-state index contributed by atoms with van der Waals surface area (Å²) in [5, 5.41) is 8.33. The molecule has 11 heavy (non-hydrogen) atoms. The van der Waals surface area contributed by atoms with Crippen LogP contribution in [0.15, 0.2) is 10.2 Å². The summed E-state index contributed by atoms with van der Waals surface area (Å²) < 4.78 is 0. The number of hydrogen-bond donors (Lipinski definition) is 1. The largest absolute Gasteiger partial charge is 0.361 e. The lowest BCUT2D eigenvalue weighted by molar-refractivity contribution is 0.224. The van der Waals surface area contributed by atoms with Crippen molar-refractivity contribution in [2.24, 2.45) is 10.2 Å². The summed E-state index contributed by atoms with van der Waals surface area (Å²) in [5.74, 6) is 0. The van der Waals surface area contributed by atoms with Crippen molar-refractivity contribution in [3.8, 4) is 0 Å². The van der Waals surface area contributed by atoms with Crippen LogP contribution in [-0.4, -0.2) is 38.1 Å². The number of rotatable bonds is 0. The van der Waals surface area contributed by atoms with Crippen molar-refractivity contribution >= 4 is 12.1 Å². The minimum atomic E-state index is -0.639. The predicted molar refractivity (Wildman–Crippen MR) is 38.4 cm³/mol. The van der Waals surface area contributed by atoms with Gasteiger partial charge in [0, 0.05) is 21.1 Å². The number of hydrogen-bond acceptors (Lipinski definition) is 2. The lowest BCUT2D eigenvalue weighted by Gasteiger charge is -2.02. The molecule has 0 aromatic rings. The van der Waals surface area contributed by atoms with Gasteiger partial charge in [0.1, 0.15) is 0 Å². The van der Waals surface area contributed by atoms with E-state index in [4.69, 9.17) is 0 Å². The first kappa shape index (κ1) is 9.54. The summed E-state index contributed by atoms with van der Waals surface area (Å²) in [6, 6.07) is -1.20. The molecule has 0 unspecified atom stereocenters. The van der Waals surface area contributed by atoms with E-state index in [0.717, 1.165) is 0 Å². The second kappa shape index (κ2) is 4.37. The van der Waals surface area contributed by atoms with Gasteiger partial charge in [0.25, 0.3) is 0 Å². The van der Waals surface area contributed by atoms with Gasteiger partial charge in [-0.15, -0.1) is 0 Å². The number of carbonyl (C=O) groups excluding carboxylic acids is 2. The number of urea groups is 2. The third kappa shape index (κ3) is 4.01. The van der Waals surface area contributed by atoms with Crippen LogP contribution in [0.4, 0.5) is 9.59 Å². The number of carbonyl (C=O) groups is 2. The molecular formula is C5H10N4O2. The second-order valence-corrected chi connectivity index (χ2v) is 1.93. The van der Waals surface area contributed by atoms with Crippen molar-refractivity contribution in [3.05, 3.63) is 0 Å².